The van der Waals surface area contributed by atoms with Crippen LogP contribution in [0.2, 0.25) is 0 Å². The minimum Gasteiger partial charge on any atom is -0.478 e. The third kappa shape index (κ3) is 3.58. The summed E-state index contributed by atoms with van der Waals surface area (Å²) in [5.74, 6) is -1.13. The Morgan fingerprint density at radius 1 is 0.909 bits per heavy atom. The van der Waals surface area contributed by atoms with E-state index in [2.05, 4.69) is 6.58 Å². The molecule has 0 amide bonds. The summed E-state index contributed by atoms with van der Waals surface area (Å²) in [6, 6.07) is 16.1. The minimum atomic E-state index is -0.991. The van der Waals surface area contributed by atoms with Crippen molar-refractivity contribution in [2.75, 3.05) is 0 Å². The standard InChI is InChI=1S/C19H16O3/c1-13(12-18(20)21)15-8-10-17(11-9-15)19(22)14(2)16-6-4-3-5-7-16/h3-12H,2H2,1H3,(H,20,21)/b13-12-. The zero-order valence-corrected chi connectivity index (χ0v) is 12.2. The van der Waals surface area contributed by atoms with Gasteiger partial charge in [-0.2, -0.15) is 0 Å². The van der Waals surface area contributed by atoms with Gasteiger partial charge in [-0.1, -0.05) is 61.2 Å². The van der Waals surface area contributed by atoms with Crippen LogP contribution in [0.15, 0.2) is 67.3 Å². The maximum atomic E-state index is 12.4. The first kappa shape index (κ1) is 15.4. The molecule has 0 aliphatic heterocycles. The Kier molecular flexibility index (Phi) is 4.69. The molecule has 2 rings (SSSR count). The van der Waals surface area contributed by atoms with Crippen molar-refractivity contribution in [1.82, 2.24) is 0 Å². The van der Waals surface area contributed by atoms with Crippen LogP contribution in [0.4, 0.5) is 0 Å². The van der Waals surface area contributed by atoms with Crippen LogP contribution < -0.4 is 0 Å². The Morgan fingerprint density at radius 2 is 1.45 bits per heavy atom. The number of carboxylic acids is 1. The fraction of sp³-hybridized carbons (Fsp3) is 0.0526. The Labute approximate surface area is 129 Å². The van der Waals surface area contributed by atoms with E-state index in [4.69, 9.17) is 5.11 Å². The molecule has 0 saturated heterocycles. The van der Waals surface area contributed by atoms with Crippen LogP contribution in [-0.4, -0.2) is 16.9 Å². The van der Waals surface area contributed by atoms with Crippen molar-refractivity contribution < 1.29 is 14.7 Å². The van der Waals surface area contributed by atoms with Gasteiger partial charge in [-0.3, -0.25) is 4.79 Å². The number of benzene rings is 2. The highest BCUT2D eigenvalue weighted by Gasteiger charge is 2.12. The first-order valence-electron chi connectivity index (χ1n) is 6.79. The molecule has 110 valence electrons. The molecule has 2 aromatic carbocycles. The topological polar surface area (TPSA) is 54.4 Å². The van der Waals surface area contributed by atoms with Gasteiger partial charge in [0.25, 0.3) is 0 Å². The highest BCUT2D eigenvalue weighted by atomic mass is 16.4. The maximum Gasteiger partial charge on any atom is 0.328 e. The lowest BCUT2D eigenvalue weighted by atomic mass is 9.96. The van der Waals surface area contributed by atoms with E-state index >= 15 is 0 Å². The summed E-state index contributed by atoms with van der Waals surface area (Å²) in [4.78, 5) is 23.1. The highest BCUT2D eigenvalue weighted by molar-refractivity contribution is 6.28. The van der Waals surface area contributed by atoms with Gasteiger partial charge in [0.15, 0.2) is 5.78 Å². The van der Waals surface area contributed by atoms with Crippen LogP contribution in [0.3, 0.4) is 0 Å². The van der Waals surface area contributed by atoms with Crippen LogP contribution in [0.25, 0.3) is 11.1 Å². The second kappa shape index (κ2) is 6.68. The number of carbonyl (C=O) groups is 2. The fourth-order valence-electron chi connectivity index (χ4n) is 2.10. The van der Waals surface area contributed by atoms with E-state index in [1.807, 2.05) is 30.3 Å². The highest BCUT2D eigenvalue weighted by Crippen LogP contribution is 2.20. The van der Waals surface area contributed by atoms with Gasteiger partial charge in [-0.05, 0) is 23.6 Å². The molecule has 1 N–H and O–H groups in total. The summed E-state index contributed by atoms with van der Waals surface area (Å²) in [6.45, 7) is 5.58. The number of aliphatic carboxylic acids is 1. The molecule has 22 heavy (non-hydrogen) atoms. The number of rotatable bonds is 5. The number of Topliss-reactive ketones (excluding diaryl/α,β-unsaturated/α-hetero) is 1. The SMILES string of the molecule is C=C(C(=O)c1ccc(/C(C)=C\C(=O)O)cc1)c1ccccc1. The van der Waals surface area contributed by atoms with E-state index in [0.717, 1.165) is 17.2 Å². The zero-order valence-electron chi connectivity index (χ0n) is 12.2. The minimum absolute atomic E-state index is 0.141. The maximum absolute atomic E-state index is 12.4. The van der Waals surface area contributed by atoms with E-state index in [-0.39, 0.29) is 5.78 Å². The molecule has 3 nitrogen and oxygen atoms in total. The van der Waals surface area contributed by atoms with Crippen molar-refractivity contribution in [3.63, 3.8) is 0 Å². The molecular weight excluding hydrogens is 276 g/mol. The Balaban J connectivity index is 2.22. The van der Waals surface area contributed by atoms with Crippen LogP contribution in [-0.2, 0) is 4.79 Å². The lowest BCUT2D eigenvalue weighted by molar-refractivity contribution is -0.131. The molecule has 3 heteroatoms. The van der Waals surface area contributed by atoms with Crippen molar-refractivity contribution in [2.45, 2.75) is 6.92 Å². The predicted octanol–water partition coefficient (Wildman–Crippen LogP) is 4.07. The van der Waals surface area contributed by atoms with Gasteiger partial charge in [0.05, 0.1) is 0 Å². The van der Waals surface area contributed by atoms with Gasteiger partial charge in [-0.15, -0.1) is 0 Å². The molecule has 0 bridgehead atoms. The van der Waals surface area contributed by atoms with Crippen LogP contribution in [0.5, 0.6) is 0 Å². The largest absolute Gasteiger partial charge is 0.478 e. The Morgan fingerprint density at radius 3 is 2.00 bits per heavy atom. The number of hydrogen-bond acceptors (Lipinski definition) is 2. The van der Waals surface area contributed by atoms with Gasteiger partial charge >= 0.3 is 5.97 Å². The Bertz CT molecular complexity index is 738. The third-order valence-corrected chi connectivity index (χ3v) is 3.34. The number of allylic oxidation sites excluding steroid dienone is 2. The molecule has 0 heterocycles. The number of carbonyl (C=O) groups excluding carboxylic acids is 1. The van der Waals surface area contributed by atoms with Crippen molar-refractivity contribution in [2.24, 2.45) is 0 Å². The molecule has 0 saturated carbocycles. The normalized spacial score (nSPS) is 11.0. The van der Waals surface area contributed by atoms with Crippen molar-refractivity contribution >= 4 is 22.9 Å². The second-order valence-electron chi connectivity index (χ2n) is 4.92. The smallest absolute Gasteiger partial charge is 0.328 e. The van der Waals surface area contributed by atoms with E-state index in [1.54, 1.807) is 31.2 Å². The lowest BCUT2D eigenvalue weighted by Crippen LogP contribution is -2.01. The van der Waals surface area contributed by atoms with E-state index in [1.165, 1.54) is 0 Å². The van der Waals surface area contributed by atoms with Gasteiger partial charge in [-0.25, -0.2) is 4.79 Å². The van der Waals surface area contributed by atoms with Gasteiger partial charge in [0.2, 0.25) is 0 Å². The molecule has 0 fully saturated rings. The summed E-state index contributed by atoms with van der Waals surface area (Å²) in [6.07, 6.45) is 1.14. The second-order valence-corrected chi connectivity index (χ2v) is 4.92. The summed E-state index contributed by atoms with van der Waals surface area (Å²) < 4.78 is 0. The zero-order chi connectivity index (χ0) is 16.1. The summed E-state index contributed by atoms with van der Waals surface area (Å²) in [5.41, 5.74) is 3.16. The molecule has 0 aromatic heterocycles. The Hall–Kier alpha value is -2.94. The first-order valence-corrected chi connectivity index (χ1v) is 6.79. The fourth-order valence-corrected chi connectivity index (χ4v) is 2.10. The molecule has 0 spiro atoms. The summed E-state index contributed by atoms with van der Waals surface area (Å²) in [7, 11) is 0. The van der Waals surface area contributed by atoms with Gasteiger partial charge < -0.3 is 5.11 Å². The van der Waals surface area contributed by atoms with Crippen LogP contribution >= 0.6 is 0 Å². The van der Waals surface area contributed by atoms with E-state index < -0.39 is 5.97 Å². The molecule has 0 unspecified atom stereocenters. The molecule has 2 aromatic rings. The molecule has 0 atom stereocenters. The number of ketones is 1. The first-order chi connectivity index (χ1) is 10.5. The average Bonchev–Trinajstić information content (AvgIpc) is 2.54. The molecule has 0 radical (unpaired) electrons. The van der Waals surface area contributed by atoms with E-state index in [9.17, 15) is 9.59 Å². The monoisotopic (exact) mass is 292 g/mol. The van der Waals surface area contributed by atoms with Crippen molar-refractivity contribution in [3.05, 3.63) is 83.9 Å². The lowest BCUT2D eigenvalue weighted by Gasteiger charge is -2.06. The molecular formula is C19H16O3. The quantitative estimate of drug-likeness (QED) is 0.667. The van der Waals surface area contributed by atoms with Gasteiger partial charge in [0.1, 0.15) is 0 Å². The average molecular weight is 292 g/mol. The van der Waals surface area contributed by atoms with Crippen molar-refractivity contribution in [1.29, 1.82) is 0 Å². The van der Waals surface area contributed by atoms with Gasteiger partial charge in [0, 0.05) is 17.2 Å². The van der Waals surface area contributed by atoms with E-state index in [0.29, 0.717) is 16.7 Å². The van der Waals surface area contributed by atoms with Crippen LogP contribution in [0.1, 0.15) is 28.4 Å². The third-order valence-electron chi connectivity index (χ3n) is 3.34. The molecule has 0 aliphatic carbocycles. The predicted molar refractivity (Wildman–Crippen MR) is 87.5 cm³/mol. The summed E-state index contributed by atoms with van der Waals surface area (Å²) >= 11 is 0. The number of hydrogen-bond donors (Lipinski definition) is 1. The number of carboxylic acid groups (broad SMARTS) is 1. The summed E-state index contributed by atoms with van der Waals surface area (Å²) in [5, 5.41) is 8.74. The van der Waals surface area contributed by atoms with Crippen molar-refractivity contribution in [3.8, 4) is 0 Å². The molecule has 0 aliphatic rings. The van der Waals surface area contributed by atoms with Crippen LogP contribution in [0, 0.1) is 0 Å².